The van der Waals surface area contributed by atoms with Gasteiger partial charge in [0.25, 0.3) is 17.7 Å². The number of rotatable bonds is 6. The highest BCUT2D eigenvalue weighted by molar-refractivity contribution is 5.97. The van der Waals surface area contributed by atoms with Crippen molar-refractivity contribution in [2.45, 2.75) is 19.8 Å². The summed E-state index contributed by atoms with van der Waals surface area (Å²) in [4.78, 5) is 50.2. The lowest BCUT2D eigenvalue weighted by Crippen LogP contribution is -2.58. The second kappa shape index (κ2) is 14.9. The number of nitrogens with zero attached hydrogens (tertiary/aromatic N) is 6. The number of halogens is 2. The van der Waals surface area contributed by atoms with Crippen molar-refractivity contribution in [3.8, 4) is 22.3 Å². The molecule has 15 heteroatoms. The van der Waals surface area contributed by atoms with Crippen LogP contribution in [0.15, 0.2) is 97.3 Å². The van der Waals surface area contributed by atoms with Gasteiger partial charge in [-0.25, -0.2) is 17.8 Å². The molecule has 276 valence electrons. The average Bonchev–Trinajstić information content (AvgIpc) is 3.76. The first kappa shape index (κ1) is 35.9. The van der Waals surface area contributed by atoms with Crippen molar-refractivity contribution in [2.24, 2.45) is 0 Å². The lowest BCUT2D eigenvalue weighted by atomic mass is 10.0. The number of aromatic nitrogens is 4. The number of alkyl halides is 2. The molecule has 2 saturated heterocycles. The molecule has 2 aliphatic heterocycles. The van der Waals surface area contributed by atoms with E-state index in [1.54, 1.807) is 45.6 Å². The number of pyridine rings is 2. The standard InChI is InChI=1S/C20H20N4O3.C19H16F2N4O2/c1-14(25)21-19-13-18-17(3-2-8-24(18)22-19)15-4-6-16(7-5-15)20(26)23-9-11-27-12-10-23;1-12(26)22-17-9-16-15(3-2-8-25(16)23-17)13-4-6-14(7-5-13)18(27)24-10-19(20,21)11-24/h2-8,13H,9-12H2,1H3,(H,21,22,25);2-9H,10-11H2,1H3,(H,22,23,26). The largest absolute Gasteiger partial charge is 0.378 e. The maximum atomic E-state index is 13.0. The summed E-state index contributed by atoms with van der Waals surface area (Å²) in [5.41, 5.74) is 6.39. The van der Waals surface area contributed by atoms with E-state index in [9.17, 15) is 28.0 Å². The third kappa shape index (κ3) is 7.80. The number of anilines is 2. The van der Waals surface area contributed by atoms with Crippen LogP contribution in [-0.4, -0.2) is 98.0 Å². The van der Waals surface area contributed by atoms with Crippen molar-refractivity contribution < 1.29 is 32.7 Å². The maximum absolute atomic E-state index is 13.0. The topological polar surface area (TPSA) is 143 Å². The Balaban J connectivity index is 0.000000167. The average molecular weight is 735 g/mol. The minimum absolute atomic E-state index is 0.0281. The number of hydrogen-bond donors (Lipinski definition) is 2. The van der Waals surface area contributed by atoms with Gasteiger partial charge in [-0.15, -0.1) is 0 Å². The molecule has 8 rings (SSSR count). The van der Waals surface area contributed by atoms with Gasteiger partial charge in [0, 0.05) is 73.7 Å². The lowest BCUT2D eigenvalue weighted by molar-refractivity contribution is -0.115. The Bertz CT molecular complexity index is 2360. The molecule has 0 saturated carbocycles. The first-order valence-corrected chi connectivity index (χ1v) is 17.2. The summed E-state index contributed by atoms with van der Waals surface area (Å²) in [5.74, 6) is -2.57. The summed E-state index contributed by atoms with van der Waals surface area (Å²) < 4.78 is 34.6. The fourth-order valence-corrected chi connectivity index (χ4v) is 6.37. The van der Waals surface area contributed by atoms with E-state index in [1.807, 2.05) is 65.7 Å². The summed E-state index contributed by atoms with van der Waals surface area (Å²) in [6.45, 7) is 4.23. The molecule has 2 N–H and O–H groups in total. The fourth-order valence-electron chi connectivity index (χ4n) is 6.37. The van der Waals surface area contributed by atoms with Gasteiger partial charge >= 0.3 is 0 Å². The van der Waals surface area contributed by atoms with Crippen molar-refractivity contribution in [3.63, 3.8) is 0 Å². The number of fused-ring (bicyclic) bond motifs is 2. The molecule has 0 aliphatic carbocycles. The summed E-state index contributed by atoms with van der Waals surface area (Å²) in [7, 11) is 0. The maximum Gasteiger partial charge on any atom is 0.282 e. The number of carbonyl (C=O) groups is 4. The molecular weight excluding hydrogens is 698 g/mol. The Kier molecular flexibility index (Phi) is 9.88. The molecule has 0 atom stereocenters. The van der Waals surface area contributed by atoms with E-state index in [-0.39, 0.29) is 17.7 Å². The first-order valence-electron chi connectivity index (χ1n) is 17.2. The number of likely N-dealkylation sites (tertiary alicyclic amines) is 1. The van der Waals surface area contributed by atoms with Gasteiger partial charge in [-0.3, -0.25) is 19.2 Å². The molecule has 4 aromatic heterocycles. The van der Waals surface area contributed by atoms with E-state index in [0.29, 0.717) is 49.1 Å². The molecule has 6 heterocycles. The summed E-state index contributed by atoms with van der Waals surface area (Å²) in [6, 6.07) is 25.6. The number of amides is 4. The van der Waals surface area contributed by atoms with Gasteiger partial charge in [-0.1, -0.05) is 36.4 Å². The molecule has 0 spiro atoms. The van der Waals surface area contributed by atoms with E-state index in [4.69, 9.17) is 4.74 Å². The first-order chi connectivity index (χ1) is 25.9. The van der Waals surface area contributed by atoms with E-state index >= 15 is 0 Å². The van der Waals surface area contributed by atoms with Gasteiger partial charge in [0.2, 0.25) is 11.8 Å². The lowest BCUT2D eigenvalue weighted by Gasteiger charge is -2.38. The second-order valence-corrected chi connectivity index (χ2v) is 13.0. The number of ether oxygens (including phenoxy) is 1. The van der Waals surface area contributed by atoms with E-state index in [2.05, 4.69) is 20.8 Å². The van der Waals surface area contributed by atoms with Crippen molar-refractivity contribution in [1.29, 1.82) is 0 Å². The van der Waals surface area contributed by atoms with Crippen LogP contribution in [0.25, 0.3) is 33.3 Å². The number of hydrogen-bond acceptors (Lipinski definition) is 7. The fraction of sp³-hybridized carbons (Fsp3) is 0.231. The summed E-state index contributed by atoms with van der Waals surface area (Å²) in [6.07, 6.45) is 3.60. The van der Waals surface area contributed by atoms with Crippen LogP contribution < -0.4 is 10.6 Å². The van der Waals surface area contributed by atoms with Gasteiger partial charge in [0.05, 0.1) is 37.3 Å². The van der Waals surface area contributed by atoms with Crippen molar-refractivity contribution in [3.05, 3.63) is 108 Å². The monoisotopic (exact) mass is 734 g/mol. The molecule has 4 amide bonds. The minimum Gasteiger partial charge on any atom is -0.378 e. The van der Waals surface area contributed by atoms with Gasteiger partial charge in [-0.2, -0.15) is 10.2 Å². The van der Waals surface area contributed by atoms with Gasteiger partial charge in [0.1, 0.15) is 0 Å². The molecule has 54 heavy (non-hydrogen) atoms. The highest BCUT2D eigenvalue weighted by atomic mass is 19.3. The Hall–Kier alpha value is -6.48. The highest BCUT2D eigenvalue weighted by Gasteiger charge is 2.46. The third-order valence-corrected chi connectivity index (χ3v) is 8.93. The van der Waals surface area contributed by atoms with Crippen LogP contribution in [0.1, 0.15) is 34.6 Å². The van der Waals surface area contributed by atoms with Crippen LogP contribution in [0.4, 0.5) is 20.4 Å². The van der Waals surface area contributed by atoms with Crippen LogP contribution in [0.3, 0.4) is 0 Å². The number of morpholine rings is 1. The summed E-state index contributed by atoms with van der Waals surface area (Å²) in [5, 5.41) is 14.0. The van der Waals surface area contributed by atoms with Gasteiger partial charge in [0.15, 0.2) is 11.6 Å². The zero-order valence-corrected chi connectivity index (χ0v) is 29.5. The quantitative estimate of drug-likeness (QED) is 0.231. The number of carbonyl (C=O) groups excluding carboxylic acids is 4. The molecular formula is C39H36F2N8O5. The minimum atomic E-state index is -2.78. The molecule has 13 nitrogen and oxygen atoms in total. The van der Waals surface area contributed by atoms with E-state index < -0.39 is 24.9 Å². The zero-order chi connectivity index (χ0) is 38.0. The molecule has 6 aromatic rings. The van der Waals surface area contributed by atoms with Crippen molar-refractivity contribution in [2.75, 3.05) is 50.0 Å². The zero-order valence-electron chi connectivity index (χ0n) is 29.5. The Labute approximate surface area is 308 Å². The molecule has 2 aliphatic rings. The van der Waals surface area contributed by atoms with Crippen LogP contribution in [-0.2, 0) is 14.3 Å². The molecule has 0 bridgehead atoms. The second-order valence-electron chi connectivity index (χ2n) is 13.0. The van der Waals surface area contributed by atoms with Crippen LogP contribution in [0.5, 0.6) is 0 Å². The molecule has 0 radical (unpaired) electrons. The Morgan fingerprint density at radius 3 is 1.48 bits per heavy atom. The normalized spacial score (nSPS) is 14.9. The SMILES string of the molecule is CC(=O)Nc1cc2c(-c3ccc(C(=O)N4CC(F)(F)C4)cc3)cccn2n1.CC(=O)Nc1cc2c(-c3ccc(C(=O)N4CCOCC4)cc3)cccn2n1. The van der Waals surface area contributed by atoms with Gasteiger partial charge in [-0.05, 0) is 47.5 Å². The number of nitrogens with one attached hydrogen (secondary N) is 2. The Morgan fingerprint density at radius 2 is 1.07 bits per heavy atom. The van der Waals surface area contributed by atoms with Crippen LogP contribution in [0, 0.1) is 0 Å². The predicted molar refractivity (Wildman–Crippen MR) is 197 cm³/mol. The predicted octanol–water partition coefficient (Wildman–Crippen LogP) is 5.48. The van der Waals surface area contributed by atoms with Crippen molar-refractivity contribution >= 4 is 46.3 Å². The molecule has 2 aromatic carbocycles. The van der Waals surface area contributed by atoms with E-state index in [1.165, 1.54) is 13.8 Å². The summed E-state index contributed by atoms with van der Waals surface area (Å²) >= 11 is 0. The van der Waals surface area contributed by atoms with Gasteiger partial charge < -0.3 is 25.2 Å². The third-order valence-electron chi connectivity index (χ3n) is 8.93. The number of benzene rings is 2. The van der Waals surface area contributed by atoms with E-state index in [0.717, 1.165) is 38.2 Å². The molecule has 2 fully saturated rings. The van der Waals surface area contributed by atoms with Crippen LogP contribution >= 0.6 is 0 Å². The van der Waals surface area contributed by atoms with Crippen LogP contribution in [0.2, 0.25) is 0 Å². The molecule has 0 unspecified atom stereocenters. The smallest absolute Gasteiger partial charge is 0.282 e. The Morgan fingerprint density at radius 1 is 0.648 bits per heavy atom. The highest BCUT2D eigenvalue weighted by Crippen LogP contribution is 2.31. The van der Waals surface area contributed by atoms with Crippen molar-refractivity contribution in [1.82, 2.24) is 29.0 Å².